The minimum Gasteiger partial charge on any atom is -0.272 e. The lowest BCUT2D eigenvalue weighted by Crippen LogP contribution is -2.20. The molecule has 2 heterocycles. The van der Waals surface area contributed by atoms with Crippen molar-refractivity contribution in [3.05, 3.63) is 108 Å². The van der Waals surface area contributed by atoms with E-state index in [1.165, 1.54) is 11.8 Å². The van der Waals surface area contributed by atoms with Crippen molar-refractivity contribution >= 4 is 23.9 Å². The summed E-state index contributed by atoms with van der Waals surface area (Å²) in [5.41, 5.74) is 7.04. The van der Waals surface area contributed by atoms with Crippen LogP contribution in [0.3, 0.4) is 0 Å². The average molecular weight is 494 g/mol. The Morgan fingerprint density at radius 2 is 1.56 bits per heavy atom. The van der Waals surface area contributed by atoms with E-state index in [1.807, 2.05) is 109 Å². The molecule has 9 heteroatoms. The smallest absolute Gasteiger partial charge is 0.250 e. The van der Waals surface area contributed by atoms with Crippen LogP contribution in [0.25, 0.3) is 22.8 Å². The highest BCUT2D eigenvalue weighted by Crippen LogP contribution is 2.27. The SMILES string of the molecule is Cc1cn(-c2ccccc2)nc1/C=N\NC(=O)CSc1nnc(-c2ccccc2)n1-c1ccccc1. The van der Waals surface area contributed by atoms with Gasteiger partial charge in [-0.2, -0.15) is 10.2 Å². The van der Waals surface area contributed by atoms with Gasteiger partial charge in [-0.1, -0.05) is 78.5 Å². The molecule has 0 radical (unpaired) electrons. The van der Waals surface area contributed by atoms with Gasteiger partial charge in [0.05, 0.1) is 17.7 Å². The molecule has 36 heavy (non-hydrogen) atoms. The number of hydrazone groups is 1. The summed E-state index contributed by atoms with van der Waals surface area (Å²) in [6.45, 7) is 1.95. The number of hydrogen-bond acceptors (Lipinski definition) is 6. The number of aromatic nitrogens is 5. The first-order valence-electron chi connectivity index (χ1n) is 11.3. The molecule has 178 valence electrons. The Morgan fingerprint density at radius 3 is 2.25 bits per heavy atom. The molecule has 1 N–H and O–H groups in total. The number of hydrogen-bond donors (Lipinski definition) is 1. The van der Waals surface area contributed by atoms with E-state index >= 15 is 0 Å². The van der Waals surface area contributed by atoms with Crippen LogP contribution >= 0.6 is 11.8 Å². The number of nitrogens with zero attached hydrogens (tertiary/aromatic N) is 6. The van der Waals surface area contributed by atoms with Crippen LogP contribution in [0.1, 0.15) is 11.3 Å². The summed E-state index contributed by atoms with van der Waals surface area (Å²) >= 11 is 1.30. The maximum atomic E-state index is 12.5. The molecular formula is C27H23N7OS. The molecule has 0 saturated carbocycles. The molecule has 0 atom stereocenters. The third-order valence-electron chi connectivity index (χ3n) is 5.34. The third kappa shape index (κ3) is 5.26. The number of thioether (sulfide) groups is 1. The zero-order chi connectivity index (χ0) is 24.7. The molecule has 0 aliphatic rings. The standard InChI is InChI=1S/C27H23N7OS/c1-20-18-33(22-13-7-3-8-14-22)32-24(20)17-28-29-25(35)19-36-27-31-30-26(21-11-5-2-6-12-21)34(27)23-15-9-4-10-16-23/h2-18H,19H2,1H3,(H,29,35)/b28-17-. The van der Waals surface area contributed by atoms with Crippen LogP contribution in [-0.2, 0) is 4.79 Å². The number of aryl methyl sites for hydroxylation is 1. The molecule has 0 fully saturated rings. The second-order valence-corrected chi connectivity index (χ2v) is 8.84. The quantitative estimate of drug-likeness (QED) is 0.193. The molecule has 5 rings (SSSR count). The van der Waals surface area contributed by atoms with Crippen molar-refractivity contribution in [3.8, 4) is 22.8 Å². The van der Waals surface area contributed by atoms with Gasteiger partial charge < -0.3 is 0 Å². The molecule has 8 nitrogen and oxygen atoms in total. The van der Waals surface area contributed by atoms with Gasteiger partial charge >= 0.3 is 0 Å². The fraction of sp³-hybridized carbons (Fsp3) is 0.0741. The molecule has 0 saturated heterocycles. The van der Waals surface area contributed by atoms with Crippen molar-refractivity contribution < 1.29 is 4.79 Å². The fourth-order valence-corrected chi connectivity index (χ4v) is 4.33. The second kappa shape index (κ2) is 10.8. The first-order chi connectivity index (χ1) is 17.7. The highest BCUT2D eigenvalue weighted by atomic mass is 32.2. The molecule has 0 aliphatic heterocycles. The van der Waals surface area contributed by atoms with E-state index in [-0.39, 0.29) is 11.7 Å². The van der Waals surface area contributed by atoms with Crippen molar-refractivity contribution in [2.24, 2.45) is 5.10 Å². The van der Waals surface area contributed by atoms with Crippen molar-refractivity contribution in [1.82, 2.24) is 30.0 Å². The van der Waals surface area contributed by atoms with Crippen LogP contribution in [0, 0.1) is 6.92 Å². The van der Waals surface area contributed by atoms with Crippen LogP contribution in [0.15, 0.2) is 107 Å². The predicted molar refractivity (Wildman–Crippen MR) is 142 cm³/mol. The van der Waals surface area contributed by atoms with Crippen molar-refractivity contribution in [2.45, 2.75) is 12.1 Å². The molecule has 0 spiro atoms. The summed E-state index contributed by atoms with van der Waals surface area (Å²) in [5, 5.41) is 18.0. The molecule has 0 aliphatic carbocycles. The Kier molecular flexibility index (Phi) is 7.00. The molecule has 0 unspecified atom stereocenters. The number of carbonyl (C=O) groups is 1. The maximum absolute atomic E-state index is 12.5. The van der Waals surface area contributed by atoms with Gasteiger partial charge in [0.1, 0.15) is 5.69 Å². The average Bonchev–Trinajstić information content (AvgIpc) is 3.52. The lowest BCUT2D eigenvalue weighted by molar-refractivity contribution is -0.118. The number of benzene rings is 3. The lowest BCUT2D eigenvalue weighted by Gasteiger charge is -2.10. The van der Waals surface area contributed by atoms with Gasteiger partial charge in [-0.05, 0) is 36.8 Å². The summed E-state index contributed by atoms with van der Waals surface area (Å²) in [5.74, 6) is 0.599. The Labute approximate surface area is 212 Å². The van der Waals surface area contributed by atoms with Crippen LogP contribution in [0.5, 0.6) is 0 Å². The summed E-state index contributed by atoms with van der Waals surface area (Å²) in [7, 11) is 0. The van der Waals surface area contributed by atoms with Crippen molar-refractivity contribution in [2.75, 3.05) is 5.75 Å². The summed E-state index contributed by atoms with van der Waals surface area (Å²) in [6.07, 6.45) is 3.48. The Hall–Kier alpha value is -4.50. The molecule has 5 aromatic rings. The van der Waals surface area contributed by atoms with Crippen LogP contribution in [-0.4, -0.2) is 42.4 Å². The van der Waals surface area contributed by atoms with Gasteiger partial charge in [0.25, 0.3) is 5.91 Å². The minimum absolute atomic E-state index is 0.133. The van der Waals surface area contributed by atoms with E-state index in [9.17, 15) is 4.79 Å². The minimum atomic E-state index is -0.250. The third-order valence-corrected chi connectivity index (χ3v) is 6.27. The lowest BCUT2D eigenvalue weighted by atomic mass is 10.2. The molecule has 1 amide bonds. The van der Waals surface area contributed by atoms with Gasteiger partial charge in [-0.15, -0.1) is 10.2 Å². The molecular weight excluding hydrogens is 470 g/mol. The Bertz CT molecular complexity index is 1480. The highest BCUT2D eigenvalue weighted by molar-refractivity contribution is 7.99. The van der Waals surface area contributed by atoms with E-state index in [2.05, 4.69) is 25.8 Å². The van der Waals surface area contributed by atoms with Gasteiger partial charge in [-0.3, -0.25) is 9.36 Å². The van der Waals surface area contributed by atoms with Crippen molar-refractivity contribution in [1.29, 1.82) is 0 Å². The number of carbonyl (C=O) groups excluding carboxylic acids is 1. The molecule has 2 aromatic heterocycles. The first-order valence-corrected chi connectivity index (χ1v) is 12.3. The van der Waals surface area contributed by atoms with Crippen molar-refractivity contribution in [3.63, 3.8) is 0 Å². The van der Waals surface area contributed by atoms with Gasteiger partial charge in [0.2, 0.25) is 0 Å². The Morgan fingerprint density at radius 1 is 0.917 bits per heavy atom. The van der Waals surface area contributed by atoms with Crippen LogP contribution < -0.4 is 5.43 Å². The van der Waals surface area contributed by atoms with Gasteiger partial charge in [-0.25, -0.2) is 10.1 Å². The number of amides is 1. The van der Waals surface area contributed by atoms with E-state index in [1.54, 1.807) is 10.9 Å². The normalized spacial score (nSPS) is 11.1. The van der Waals surface area contributed by atoms with E-state index in [4.69, 9.17) is 0 Å². The summed E-state index contributed by atoms with van der Waals surface area (Å²) in [4.78, 5) is 12.5. The zero-order valence-corrected chi connectivity index (χ0v) is 20.3. The topological polar surface area (TPSA) is 90.0 Å². The fourth-order valence-electron chi connectivity index (χ4n) is 3.59. The van der Waals surface area contributed by atoms with Crippen LogP contribution in [0.2, 0.25) is 0 Å². The van der Waals surface area contributed by atoms with Gasteiger partial charge in [0, 0.05) is 17.4 Å². The van der Waals surface area contributed by atoms with E-state index in [0.29, 0.717) is 16.7 Å². The monoisotopic (exact) mass is 493 g/mol. The summed E-state index contributed by atoms with van der Waals surface area (Å²) < 4.78 is 3.74. The predicted octanol–water partition coefficient (Wildman–Crippen LogP) is 4.67. The maximum Gasteiger partial charge on any atom is 0.250 e. The molecule has 3 aromatic carbocycles. The van der Waals surface area contributed by atoms with Gasteiger partial charge in [0.15, 0.2) is 11.0 Å². The van der Waals surface area contributed by atoms with Crippen LogP contribution in [0.4, 0.5) is 0 Å². The first kappa shape index (κ1) is 23.3. The molecule has 0 bridgehead atoms. The highest BCUT2D eigenvalue weighted by Gasteiger charge is 2.17. The number of nitrogens with one attached hydrogen (secondary N) is 1. The second-order valence-electron chi connectivity index (χ2n) is 7.90. The zero-order valence-electron chi connectivity index (χ0n) is 19.5. The number of para-hydroxylation sites is 2. The number of rotatable bonds is 8. The van der Waals surface area contributed by atoms with E-state index < -0.39 is 0 Å². The Balaban J connectivity index is 1.26. The van der Waals surface area contributed by atoms with E-state index in [0.717, 1.165) is 22.5 Å². The largest absolute Gasteiger partial charge is 0.272 e. The summed E-state index contributed by atoms with van der Waals surface area (Å²) in [6, 6.07) is 29.5.